The van der Waals surface area contributed by atoms with Crippen LogP contribution in [0.2, 0.25) is 5.02 Å². The molecule has 1 N–H and O–H groups in total. The van der Waals surface area contributed by atoms with E-state index < -0.39 is 0 Å². The molecule has 20 heavy (non-hydrogen) atoms. The number of hydrogen-bond acceptors (Lipinski definition) is 4. The maximum atomic E-state index is 6.17. The van der Waals surface area contributed by atoms with Gasteiger partial charge in [-0.15, -0.1) is 11.3 Å². The van der Waals surface area contributed by atoms with Crippen molar-refractivity contribution >= 4 is 22.9 Å². The summed E-state index contributed by atoms with van der Waals surface area (Å²) in [4.78, 5) is 5.38. The van der Waals surface area contributed by atoms with E-state index in [4.69, 9.17) is 16.3 Å². The minimum Gasteiger partial charge on any atom is -0.472 e. The lowest BCUT2D eigenvalue weighted by Gasteiger charge is -2.21. The molecule has 5 heteroatoms. The Labute approximate surface area is 129 Å². The molecule has 108 valence electrons. The minimum atomic E-state index is 0.0462. The Morgan fingerprint density at radius 3 is 2.85 bits per heavy atom. The van der Waals surface area contributed by atoms with Crippen molar-refractivity contribution in [2.45, 2.75) is 39.5 Å². The number of thiophene rings is 1. The van der Waals surface area contributed by atoms with Gasteiger partial charge in [0.1, 0.15) is 6.61 Å². The van der Waals surface area contributed by atoms with Crippen LogP contribution >= 0.6 is 22.9 Å². The van der Waals surface area contributed by atoms with Gasteiger partial charge in [0.2, 0.25) is 5.88 Å². The normalized spacial score (nSPS) is 11.6. The summed E-state index contributed by atoms with van der Waals surface area (Å²) >= 11 is 7.84. The molecule has 0 saturated heterocycles. The summed E-state index contributed by atoms with van der Waals surface area (Å²) in [6.45, 7) is 7.60. The summed E-state index contributed by atoms with van der Waals surface area (Å²) in [6.07, 6.45) is 1.64. The van der Waals surface area contributed by atoms with Gasteiger partial charge < -0.3 is 10.1 Å². The highest BCUT2D eigenvalue weighted by Crippen LogP contribution is 2.21. The Morgan fingerprint density at radius 2 is 2.20 bits per heavy atom. The molecular weight excluding hydrogens is 292 g/mol. The summed E-state index contributed by atoms with van der Waals surface area (Å²) in [6, 6.07) is 5.95. The summed E-state index contributed by atoms with van der Waals surface area (Å²) in [5, 5.41) is 6.10. The summed E-state index contributed by atoms with van der Waals surface area (Å²) in [5.41, 5.74) is 1.04. The van der Waals surface area contributed by atoms with Crippen LogP contribution in [0.5, 0.6) is 5.88 Å². The molecule has 2 rings (SSSR count). The van der Waals surface area contributed by atoms with Gasteiger partial charge in [0, 0.05) is 29.2 Å². The van der Waals surface area contributed by atoms with E-state index in [1.807, 2.05) is 23.6 Å². The van der Waals surface area contributed by atoms with Crippen LogP contribution in [0.1, 0.15) is 31.2 Å². The second-order valence-corrected chi connectivity index (χ2v) is 7.02. The van der Waals surface area contributed by atoms with Gasteiger partial charge >= 0.3 is 0 Å². The van der Waals surface area contributed by atoms with Crippen LogP contribution in [0.25, 0.3) is 0 Å². The van der Waals surface area contributed by atoms with E-state index in [2.05, 4.69) is 31.1 Å². The molecular formula is C15H19ClN2OS. The Bertz CT molecular complexity index is 549. The standard InChI is InChI=1S/C15H19ClN2OS/c1-15(2,3)18-8-11-7-14(17-9-13(11)16)19-10-12-5-4-6-20-12/h4-7,9,18H,8,10H2,1-3H3. The lowest BCUT2D eigenvalue weighted by Crippen LogP contribution is -2.35. The maximum Gasteiger partial charge on any atom is 0.213 e. The fraction of sp³-hybridized carbons (Fsp3) is 0.400. The van der Waals surface area contributed by atoms with Crippen molar-refractivity contribution in [3.05, 3.63) is 45.2 Å². The van der Waals surface area contributed by atoms with Crippen LogP contribution in [0.15, 0.2) is 29.8 Å². The van der Waals surface area contributed by atoms with Crippen LogP contribution in [0.4, 0.5) is 0 Å². The van der Waals surface area contributed by atoms with Crippen molar-refractivity contribution in [3.63, 3.8) is 0 Å². The zero-order valence-electron chi connectivity index (χ0n) is 11.9. The molecule has 0 saturated carbocycles. The molecule has 2 aromatic heterocycles. The molecule has 0 aromatic carbocycles. The highest BCUT2D eigenvalue weighted by atomic mass is 35.5. The van der Waals surface area contributed by atoms with Crippen molar-refractivity contribution in [1.82, 2.24) is 10.3 Å². The average Bonchev–Trinajstić information content (AvgIpc) is 2.88. The number of pyridine rings is 1. The third-order valence-electron chi connectivity index (χ3n) is 2.66. The van der Waals surface area contributed by atoms with Gasteiger partial charge in [0.15, 0.2) is 0 Å². The van der Waals surface area contributed by atoms with E-state index >= 15 is 0 Å². The van der Waals surface area contributed by atoms with Crippen molar-refractivity contribution in [1.29, 1.82) is 0 Å². The average molecular weight is 311 g/mol. The van der Waals surface area contributed by atoms with E-state index in [9.17, 15) is 0 Å². The smallest absolute Gasteiger partial charge is 0.213 e. The molecule has 0 aliphatic heterocycles. The van der Waals surface area contributed by atoms with E-state index in [0.717, 1.165) is 5.56 Å². The SMILES string of the molecule is CC(C)(C)NCc1cc(OCc2cccs2)ncc1Cl. The molecule has 2 aromatic rings. The van der Waals surface area contributed by atoms with Gasteiger partial charge in [-0.1, -0.05) is 17.7 Å². The third kappa shape index (κ3) is 4.78. The molecule has 0 aliphatic rings. The van der Waals surface area contributed by atoms with Gasteiger partial charge in [-0.3, -0.25) is 0 Å². The first-order valence-electron chi connectivity index (χ1n) is 6.49. The monoisotopic (exact) mass is 310 g/mol. The van der Waals surface area contributed by atoms with Gasteiger partial charge in [0.25, 0.3) is 0 Å². The predicted molar refractivity (Wildman–Crippen MR) is 84.5 cm³/mol. The van der Waals surface area contributed by atoms with E-state index in [1.54, 1.807) is 17.5 Å². The first kappa shape index (κ1) is 15.3. The molecule has 0 bridgehead atoms. The van der Waals surface area contributed by atoms with Gasteiger partial charge in [-0.05, 0) is 37.8 Å². The molecule has 0 aliphatic carbocycles. The maximum absolute atomic E-state index is 6.17. The summed E-state index contributed by atoms with van der Waals surface area (Å²) in [7, 11) is 0. The Morgan fingerprint density at radius 1 is 1.40 bits per heavy atom. The van der Waals surface area contributed by atoms with E-state index in [0.29, 0.717) is 24.1 Å². The molecule has 0 atom stereocenters. The largest absolute Gasteiger partial charge is 0.472 e. The fourth-order valence-corrected chi connectivity index (χ4v) is 2.36. The molecule has 0 spiro atoms. The van der Waals surface area contributed by atoms with Gasteiger partial charge in [0.05, 0.1) is 5.02 Å². The molecule has 0 radical (unpaired) electrons. The van der Waals surface area contributed by atoms with Crippen LogP contribution in [0, 0.1) is 0 Å². The Hall–Kier alpha value is -1.10. The van der Waals surface area contributed by atoms with Crippen LogP contribution in [0.3, 0.4) is 0 Å². The first-order chi connectivity index (χ1) is 9.44. The van der Waals surface area contributed by atoms with Gasteiger partial charge in [-0.25, -0.2) is 4.98 Å². The lowest BCUT2D eigenvalue weighted by molar-refractivity contribution is 0.296. The topological polar surface area (TPSA) is 34.1 Å². The van der Waals surface area contributed by atoms with Crippen LogP contribution in [-0.4, -0.2) is 10.5 Å². The van der Waals surface area contributed by atoms with Crippen molar-refractivity contribution in [2.24, 2.45) is 0 Å². The number of hydrogen-bond donors (Lipinski definition) is 1. The number of nitrogens with one attached hydrogen (secondary N) is 1. The quantitative estimate of drug-likeness (QED) is 0.896. The third-order valence-corrected chi connectivity index (χ3v) is 3.85. The number of aromatic nitrogens is 1. The zero-order chi connectivity index (χ0) is 14.6. The molecule has 0 amide bonds. The lowest BCUT2D eigenvalue weighted by atomic mass is 10.1. The Balaban J connectivity index is 2.00. The molecule has 3 nitrogen and oxygen atoms in total. The van der Waals surface area contributed by atoms with Crippen molar-refractivity contribution in [3.8, 4) is 5.88 Å². The van der Waals surface area contributed by atoms with E-state index in [-0.39, 0.29) is 5.54 Å². The number of halogens is 1. The van der Waals surface area contributed by atoms with Crippen LogP contribution < -0.4 is 10.1 Å². The zero-order valence-corrected chi connectivity index (χ0v) is 13.5. The molecule has 0 fully saturated rings. The van der Waals surface area contributed by atoms with E-state index in [1.165, 1.54) is 4.88 Å². The summed E-state index contributed by atoms with van der Waals surface area (Å²) < 4.78 is 5.69. The predicted octanol–water partition coefficient (Wildman–Crippen LogP) is 4.26. The van der Waals surface area contributed by atoms with Crippen LogP contribution in [-0.2, 0) is 13.2 Å². The highest BCUT2D eigenvalue weighted by molar-refractivity contribution is 7.09. The Kier molecular flexibility index (Phi) is 5.02. The fourth-order valence-electron chi connectivity index (χ4n) is 1.57. The second-order valence-electron chi connectivity index (χ2n) is 5.59. The minimum absolute atomic E-state index is 0.0462. The number of rotatable bonds is 5. The first-order valence-corrected chi connectivity index (χ1v) is 7.74. The molecule has 2 heterocycles. The highest BCUT2D eigenvalue weighted by Gasteiger charge is 2.11. The van der Waals surface area contributed by atoms with Crippen molar-refractivity contribution in [2.75, 3.05) is 0 Å². The number of ether oxygens (including phenoxy) is 1. The molecule has 0 unspecified atom stereocenters. The van der Waals surface area contributed by atoms with Crippen molar-refractivity contribution < 1.29 is 4.74 Å². The summed E-state index contributed by atoms with van der Waals surface area (Å²) in [5.74, 6) is 0.605. The van der Waals surface area contributed by atoms with Gasteiger partial charge in [-0.2, -0.15) is 0 Å². The second kappa shape index (κ2) is 6.57. The number of nitrogens with zero attached hydrogens (tertiary/aromatic N) is 1.